The summed E-state index contributed by atoms with van der Waals surface area (Å²) in [5, 5.41) is 11.7. The van der Waals surface area contributed by atoms with Gasteiger partial charge in [-0.2, -0.15) is 22.8 Å². The van der Waals surface area contributed by atoms with Crippen molar-refractivity contribution in [3.8, 4) is 17.7 Å². The fourth-order valence-electron chi connectivity index (χ4n) is 3.15. The lowest BCUT2D eigenvalue weighted by Crippen LogP contribution is -2.14. The Labute approximate surface area is 202 Å². The fourth-order valence-corrected chi connectivity index (χ4v) is 4.04. The summed E-state index contributed by atoms with van der Waals surface area (Å²) in [4.78, 5) is 22.0. The molecule has 0 spiro atoms. The maximum absolute atomic E-state index is 12.9. The molecule has 0 saturated heterocycles. The first-order valence-electron chi connectivity index (χ1n) is 10.2. The van der Waals surface area contributed by atoms with Crippen molar-refractivity contribution in [2.75, 3.05) is 5.32 Å². The molecule has 0 bridgehead atoms. The molecule has 1 aromatic carbocycles. The molecule has 176 valence electrons. The van der Waals surface area contributed by atoms with Gasteiger partial charge in [0.2, 0.25) is 5.88 Å². The van der Waals surface area contributed by atoms with Crippen LogP contribution in [0.3, 0.4) is 0 Å². The number of rotatable bonds is 6. The van der Waals surface area contributed by atoms with E-state index >= 15 is 0 Å². The number of pyridine rings is 2. The first-order valence-corrected chi connectivity index (χ1v) is 10.9. The number of benzene rings is 1. The first kappa shape index (κ1) is 23.8. The second-order valence-electron chi connectivity index (χ2n) is 7.36. The van der Waals surface area contributed by atoms with Crippen molar-refractivity contribution in [3.05, 3.63) is 93.9 Å². The number of anilines is 1. The van der Waals surface area contributed by atoms with Crippen LogP contribution in [0.2, 0.25) is 0 Å². The highest BCUT2D eigenvalue weighted by Crippen LogP contribution is 2.32. The Kier molecular flexibility index (Phi) is 6.75. The number of aryl methyl sites for hydroxylation is 1. The minimum atomic E-state index is -4.48. The maximum Gasteiger partial charge on any atom is 0.416 e. The standard InChI is InChI=1S/C24H16F3N5O2S/c1-14-22(20(35-32-14)10-17-6-5-15(11-28)12-29-17)23(33)31-18-7-8-21(30-13-18)34-19-4-2-3-16(9-19)24(25,26)27/h2-9,12-13H,10H2,1H3,(H,31,33). The van der Waals surface area contributed by atoms with Crippen LogP contribution in [0.4, 0.5) is 18.9 Å². The summed E-state index contributed by atoms with van der Waals surface area (Å²) >= 11 is 1.19. The number of hydrogen-bond acceptors (Lipinski definition) is 7. The van der Waals surface area contributed by atoms with E-state index in [1.165, 1.54) is 48.2 Å². The predicted molar refractivity (Wildman–Crippen MR) is 122 cm³/mol. The number of ether oxygens (including phenoxy) is 1. The van der Waals surface area contributed by atoms with Crippen molar-refractivity contribution in [1.82, 2.24) is 14.3 Å². The Bertz CT molecular complexity index is 1390. The van der Waals surface area contributed by atoms with Crippen molar-refractivity contribution >= 4 is 23.1 Å². The Hall–Kier alpha value is -4.30. The summed E-state index contributed by atoms with van der Waals surface area (Å²) in [5.74, 6) is -0.318. The number of hydrogen-bond donors (Lipinski definition) is 1. The first-order chi connectivity index (χ1) is 16.7. The van der Waals surface area contributed by atoms with Crippen molar-refractivity contribution in [2.45, 2.75) is 19.5 Å². The van der Waals surface area contributed by atoms with Crippen LogP contribution >= 0.6 is 11.5 Å². The monoisotopic (exact) mass is 495 g/mol. The molecule has 7 nitrogen and oxygen atoms in total. The molecule has 0 fully saturated rings. The van der Waals surface area contributed by atoms with Crippen molar-refractivity contribution in [1.29, 1.82) is 5.26 Å². The zero-order chi connectivity index (χ0) is 25.0. The Morgan fingerprint density at radius 2 is 1.97 bits per heavy atom. The van der Waals surface area contributed by atoms with Crippen molar-refractivity contribution < 1.29 is 22.7 Å². The van der Waals surface area contributed by atoms with E-state index in [1.807, 2.05) is 6.07 Å². The lowest BCUT2D eigenvalue weighted by molar-refractivity contribution is -0.137. The van der Waals surface area contributed by atoms with E-state index in [1.54, 1.807) is 19.1 Å². The molecule has 11 heteroatoms. The Morgan fingerprint density at radius 1 is 1.14 bits per heavy atom. The van der Waals surface area contributed by atoms with Gasteiger partial charge in [-0.3, -0.25) is 9.78 Å². The number of aromatic nitrogens is 3. The highest BCUT2D eigenvalue weighted by atomic mass is 32.1. The molecule has 3 aromatic heterocycles. The van der Waals surface area contributed by atoms with Gasteiger partial charge in [0.15, 0.2) is 0 Å². The van der Waals surface area contributed by atoms with E-state index in [0.717, 1.165) is 17.0 Å². The third-order valence-corrected chi connectivity index (χ3v) is 5.77. The van der Waals surface area contributed by atoms with Crippen LogP contribution in [-0.2, 0) is 12.6 Å². The van der Waals surface area contributed by atoms with E-state index in [4.69, 9.17) is 10.00 Å². The molecule has 0 aliphatic rings. The number of carbonyl (C=O) groups is 1. The van der Waals surface area contributed by atoms with E-state index in [2.05, 4.69) is 19.7 Å². The number of amides is 1. The molecule has 1 amide bonds. The van der Waals surface area contributed by atoms with E-state index in [0.29, 0.717) is 34.6 Å². The molecule has 0 saturated carbocycles. The summed E-state index contributed by atoms with van der Waals surface area (Å²) in [6, 6.07) is 12.8. The van der Waals surface area contributed by atoms with Crippen LogP contribution in [-0.4, -0.2) is 20.2 Å². The minimum Gasteiger partial charge on any atom is -0.439 e. The quantitative estimate of drug-likeness (QED) is 0.365. The molecule has 0 atom stereocenters. The highest BCUT2D eigenvalue weighted by molar-refractivity contribution is 7.06. The van der Waals surface area contributed by atoms with Gasteiger partial charge in [-0.05, 0) is 54.9 Å². The number of alkyl halides is 3. The van der Waals surface area contributed by atoms with Crippen LogP contribution in [0.15, 0.2) is 60.9 Å². The molecule has 35 heavy (non-hydrogen) atoms. The van der Waals surface area contributed by atoms with Gasteiger partial charge in [0.25, 0.3) is 5.91 Å². The average molecular weight is 495 g/mol. The third-order valence-electron chi connectivity index (χ3n) is 4.83. The Balaban J connectivity index is 1.44. The largest absolute Gasteiger partial charge is 0.439 e. The zero-order valence-corrected chi connectivity index (χ0v) is 18.9. The molecule has 0 aliphatic heterocycles. The van der Waals surface area contributed by atoms with E-state index in [9.17, 15) is 18.0 Å². The Morgan fingerprint density at radius 3 is 2.63 bits per heavy atom. The summed E-state index contributed by atoms with van der Waals surface area (Å²) in [7, 11) is 0. The highest BCUT2D eigenvalue weighted by Gasteiger charge is 2.30. The van der Waals surface area contributed by atoms with Gasteiger partial charge in [-0.25, -0.2) is 4.98 Å². The number of nitriles is 1. The molecule has 0 aliphatic carbocycles. The molecule has 1 N–H and O–H groups in total. The lowest BCUT2D eigenvalue weighted by atomic mass is 10.1. The number of carbonyl (C=O) groups excluding carboxylic acids is 1. The molecule has 0 radical (unpaired) electrons. The predicted octanol–water partition coefficient (Wildman–Crippen LogP) is 5.77. The maximum atomic E-state index is 12.9. The lowest BCUT2D eigenvalue weighted by Gasteiger charge is -2.10. The SMILES string of the molecule is Cc1nsc(Cc2ccc(C#N)cn2)c1C(=O)Nc1ccc(Oc2cccc(C(F)(F)F)c2)nc1. The summed E-state index contributed by atoms with van der Waals surface area (Å²) in [6.45, 7) is 1.73. The van der Waals surface area contributed by atoms with E-state index in [-0.39, 0.29) is 17.5 Å². The van der Waals surface area contributed by atoms with Crippen LogP contribution in [0, 0.1) is 18.3 Å². The number of nitrogens with zero attached hydrogens (tertiary/aromatic N) is 4. The van der Waals surface area contributed by atoms with Gasteiger partial charge < -0.3 is 10.1 Å². The molecule has 4 rings (SSSR count). The average Bonchev–Trinajstić information content (AvgIpc) is 3.20. The zero-order valence-electron chi connectivity index (χ0n) is 18.1. The van der Waals surface area contributed by atoms with Crippen molar-refractivity contribution in [2.24, 2.45) is 0 Å². The van der Waals surface area contributed by atoms with Gasteiger partial charge in [0.1, 0.15) is 11.8 Å². The molecule has 0 unspecified atom stereocenters. The normalized spacial score (nSPS) is 11.1. The smallest absolute Gasteiger partial charge is 0.416 e. The molecule has 3 heterocycles. The number of halogens is 3. The fraction of sp³-hybridized carbons (Fsp3) is 0.125. The topological polar surface area (TPSA) is 101 Å². The van der Waals surface area contributed by atoms with Crippen LogP contribution < -0.4 is 10.1 Å². The molecular formula is C24H16F3N5O2S. The van der Waals surface area contributed by atoms with Gasteiger partial charge in [0.05, 0.1) is 34.3 Å². The number of nitrogens with one attached hydrogen (secondary N) is 1. The summed E-state index contributed by atoms with van der Waals surface area (Å²) in [5.41, 5.74) is 1.67. The molecule has 4 aromatic rings. The third kappa shape index (κ3) is 5.80. The van der Waals surface area contributed by atoms with Crippen molar-refractivity contribution in [3.63, 3.8) is 0 Å². The summed E-state index contributed by atoms with van der Waals surface area (Å²) < 4.78 is 48.3. The second kappa shape index (κ2) is 9.90. The summed E-state index contributed by atoms with van der Waals surface area (Å²) in [6.07, 6.45) is -1.29. The van der Waals surface area contributed by atoms with Gasteiger partial charge in [-0.1, -0.05) is 6.07 Å². The minimum absolute atomic E-state index is 0.00913. The molecular weight excluding hydrogens is 479 g/mol. The van der Waals surface area contributed by atoms with Crippen LogP contribution in [0.25, 0.3) is 0 Å². The second-order valence-corrected chi connectivity index (χ2v) is 8.22. The van der Waals surface area contributed by atoms with Gasteiger partial charge in [0, 0.05) is 29.3 Å². The van der Waals surface area contributed by atoms with Crippen LogP contribution in [0.1, 0.15) is 37.7 Å². The van der Waals surface area contributed by atoms with Gasteiger partial charge in [-0.15, -0.1) is 0 Å². The van der Waals surface area contributed by atoms with E-state index < -0.39 is 11.7 Å². The van der Waals surface area contributed by atoms with Crippen LogP contribution in [0.5, 0.6) is 11.6 Å². The van der Waals surface area contributed by atoms with Gasteiger partial charge >= 0.3 is 6.18 Å².